The van der Waals surface area contributed by atoms with Crippen LogP contribution in [0.2, 0.25) is 0 Å². The molecule has 0 aliphatic heterocycles. The summed E-state index contributed by atoms with van der Waals surface area (Å²) < 4.78 is 7.15. The molecule has 1 aromatic carbocycles. The zero-order valence-corrected chi connectivity index (χ0v) is 11.9. The summed E-state index contributed by atoms with van der Waals surface area (Å²) in [6.07, 6.45) is 3.53. The molecule has 106 valence electrons. The Hall–Kier alpha value is -2.82. The number of aryl methyl sites for hydroxylation is 2. The number of benzene rings is 1. The van der Waals surface area contributed by atoms with Gasteiger partial charge in [0.1, 0.15) is 11.5 Å². The third kappa shape index (κ3) is 2.86. The number of hydrogen-bond acceptors (Lipinski definition) is 4. The Morgan fingerprint density at radius 1 is 1.14 bits per heavy atom. The van der Waals surface area contributed by atoms with Gasteiger partial charge >= 0.3 is 0 Å². The smallest absolute Gasteiger partial charge is 0.221 e. The lowest BCUT2D eigenvalue weighted by Gasteiger charge is -1.99. The number of nitrogen functional groups attached to an aromatic ring is 1. The van der Waals surface area contributed by atoms with E-state index in [2.05, 4.69) is 10.1 Å². The zero-order chi connectivity index (χ0) is 14.8. The molecule has 0 saturated heterocycles. The van der Waals surface area contributed by atoms with Gasteiger partial charge in [-0.2, -0.15) is 5.10 Å². The van der Waals surface area contributed by atoms with Crippen molar-refractivity contribution in [1.82, 2.24) is 9.66 Å². The summed E-state index contributed by atoms with van der Waals surface area (Å²) in [7, 11) is 0. The highest BCUT2D eigenvalue weighted by Crippen LogP contribution is 2.21. The quantitative estimate of drug-likeness (QED) is 0.749. The van der Waals surface area contributed by atoms with Crippen molar-refractivity contribution in [2.75, 3.05) is 5.73 Å². The second-order valence-corrected chi connectivity index (χ2v) is 4.86. The number of nitrogens with zero attached hydrogens (tertiary/aromatic N) is 3. The summed E-state index contributed by atoms with van der Waals surface area (Å²) in [5, 5.41) is 4.28. The second-order valence-electron chi connectivity index (χ2n) is 4.86. The van der Waals surface area contributed by atoms with Gasteiger partial charge in [0, 0.05) is 5.56 Å². The van der Waals surface area contributed by atoms with Crippen molar-refractivity contribution < 1.29 is 4.42 Å². The predicted molar refractivity (Wildman–Crippen MR) is 83.2 cm³/mol. The van der Waals surface area contributed by atoms with E-state index in [0.717, 1.165) is 28.3 Å². The van der Waals surface area contributed by atoms with E-state index in [1.807, 2.05) is 50.2 Å². The van der Waals surface area contributed by atoms with Crippen LogP contribution in [0.25, 0.3) is 11.3 Å². The third-order valence-corrected chi connectivity index (χ3v) is 3.10. The number of nitrogens with two attached hydrogens (primary N) is 1. The summed E-state index contributed by atoms with van der Waals surface area (Å²) in [5.41, 5.74) is 8.59. The Bertz CT molecular complexity index is 781. The summed E-state index contributed by atoms with van der Waals surface area (Å²) in [6, 6.07) is 11.9. The minimum Gasteiger partial charge on any atom is -0.461 e. The Kier molecular flexibility index (Phi) is 3.31. The lowest BCUT2D eigenvalue weighted by atomic mass is 10.1. The van der Waals surface area contributed by atoms with E-state index in [9.17, 15) is 0 Å². The van der Waals surface area contributed by atoms with E-state index >= 15 is 0 Å². The maximum absolute atomic E-state index is 5.73. The van der Waals surface area contributed by atoms with Gasteiger partial charge in [0.05, 0.1) is 18.1 Å². The molecule has 0 spiro atoms. The van der Waals surface area contributed by atoms with Crippen LogP contribution in [-0.4, -0.2) is 15.9 Å². The van der Waals surface area contributed by atoms with Gasteiger partial charge in [-0.3, -0.25) is 0 Å². The van der Waals surface area contributed by atoms with Gasteiger partial charge in [0.2, 0.25) is 5.95 Å². The molecule has 0 fully saturated rings. The van der Waals surface area contributed by atoms with Gasteiger partial charge in [0.15, 0.2) is 0 Å². The number of hydrogen-bond donors (Lipinski definition) is 1. The molecule has 5 heteroatoms. The fourth-order valence-electron chi connectivity index (χ4n) is 2.05. The highest BCUT2D eigenvalue weighted by Gasteiger charge is 2.02. The van der Waals surface area contributed by atoms with Crippen molar-refractivity contribution in [1.29, 1.82) is 0 Å². The molecule has 0 amide bonds. The third-order valence-electron chi connectivity index (χ3n) is 3.10. The van der Waals surface area contributed by atoms with Gasteiger partial charge in [-0.15, -0.1) is 0 Å². The Balaban J connectivity index is 1.80. The van der Waals surface area contributed by atoms with Crippen molar-refractivity contribution in [3.8, 4) is 11.3 Å². The number of aromatic nitrogens is 2. The highest BCUT2D eigenvalue weighted by molar-refractivity contribution is 5.80. The van der Waals surface area contributed by atoms with Crippen LogP contribution < -0.4 is 5.73 Å². The van der Waals surface area contributed by atoms with Crippen LogP contribution in [0.5, 0.6) is 0 Å². The molecule has 2 N–H and O–H groups in total. The molecule has 0 atom stereocenters. The van der Waals surface area contributed by atoms with Gasteiger partial charge in [-0.1, -0.05) is 24.3 Å². The summed E-state index contributed by atoms with van der Waals surface area (Å²) in [6.45, 7) is 3.81. The first-order valence-electron chi connectivity index (χ1n) is 6.64. The largest absolute Gasteiger partial charge is 0.461 e. The van der Waals surface area contributed by atoms with E-state index in [1.165, 1.54) is 0 Å². The van der Waals surface area contributed by atoms with Gasteiger partial charge < -0.3 is 10.2 Å². The maximum Gasteiger partial charge on any atom is 0.221 e. The van der Waals surface area contributed by atoms with Crippen LogP contribution in [0.15, 0.2) is 52.1 Å². The van der Waals surface area contributed by atoms with Gasteiger partial charge in [0.25, 0.3) is 0 Å². The molecule has 21 heavy (non-hydrogen) atoms. The van der Waals surface area contributed by atoms with Gasteiger partial charge in [-0.05, 0) is 31.5 Å². The Morgan fingerprint density at radius 2 is 1.90 bits per heavy atom. The maximum atomic E-state index is 5.73. The molecule has 0 unspecified atom stereocenters. The van der Waals surface area contributed by atoms with E-state index in [-0.39, 0.29) is 0 Å². The lowest BCUT2D eigenvalue weighted by molar-refractivity contribution is 0.548. The lowest BCUT2D eigenvalue weighted by Crippen LogP contribution is -1.96. The van der Waals surface area contributed by atoms with E-state index < -0.39 is 0 Å². The van der Waals surface area contributed by atoms with E-state index in [1.54, 1.807) is 17.1 Å². The predicted octanol–water partition coefficient (Wildman–Crippen LogP) is 3.22. The van der Waals surface area contributed by atoms with Crippen LogP contribution in [0, 0.1) is 13.8 Å². The average molecular weight is 280 g/mol. The van der Waals surface area contributed by atoms with Crippen molar-refractivity contribution >= 4 is 12.2 Å². The number of anilines is 1. The topological polar surface area (TPSA) is 69.3 Å². The second kappa shape index (κ2) is 5.28. The number of rotatable bonds is 3. The fourth-order valence-corrected chi connectivity index (χ4v) is 2.05. The molecule has 0 radical (unpaired) electrons. The van der Waals surface area contributed by atoms with Crippen molar-refractivity contribution in [3.63, 3.8) is 0 Å². The molecule has 0 aliphatic carbocycles. The molecule has 0 saturated carbocycles. The molecule has 2 heterocycles. The van der Waals surface area contributed by atoms with Crippen LogP contribution in [0.4, 0.5) is 5.95 Å². The Labute approximate surface area is 122 Å². The molecule has 2 aromatic heterocycles. The molecule has 5 nitrogen and oxygen atoms in total. The molecule has 3 aromatic rings. The van der Waals surface area contributed by atoms with Crippen LogP contribution >= 0.6 is 0 Å². The highest BCUT2D eigenvalue weighted by atomic mass is 16.3. The molecule has 3 rings (SSSR count). The average Bonchev–Trinajstić information content (AvgIpc) is 3.03. The van der Waals surface area contributed by atoms with Crippen LogP contribution in [0.1, 0.15) is 17.0 Å². The van der Waals surface area contributed by atoms with Crippen molar-refractivity contribution in [2.45, 2.75) is 13.8 Å². The standard InChI is InChI=1S/C16H16N4O/c1-11-10-20(16(17)19-11)18-9-13-4-6-14(7-5-13)15-8-3-12(2)21-15/h3-10H,1-2H3,(H2,17,19). The van der Waals surface area contributed by atoms with E-state index in [0.29, 0.717) is 5.95 Å². The summed E-state index contributed by atoms with van der Waals surface area (Å²) in [4.78, 5) is 4.09. The minimum atomic E-state index is 0.381. The molecular weight excluding hydrogens is 264 g/mol. The monoisotopic (exact) mass is 280 g/mol. The molecule has 0 aliphatic rings. The van der Waals surface area contributed by atoms with E-state index in [4.69, 9.17) is 10.2 Å². The first kappa shape index (κ1) is 13.2. The summed E-state index contributed by atoms with van der Waals surface area (Å²) >= 11 is 0. The first-order valence-corrected chi connectivity index (χ1v) is 6.64. The first-order chi connectivity index (χ1) is 10.1. The number of furan rings is 1. The molecule has 0 bridgehead atoms. The van der Waals surface area contributed by atoms with Gasteiger partial charge in [-0.25, -0.2) is 9.66 Å². The number of imidazole rings is 1. The minimum absolute atomic E-state index is 0.381. The zero-order valence-electron chi connectivity index (χ0n) is 11.9. The fraction of sp³-hybridized carbons (Fsp3) is 0.125. The van der Waals surface area contributed by atoms with Crippen LogP contribution in [0.3, 0.4) is 0 Å². The van der Waals surface area contributed by atoms with Crippen molar-refractivity contribution in [3.05, 3.63) is 59.6 Å². The van der Waals surface area contributed by atoms with Crippen molar-refractivity contribution in [2.24, 2.45) is 5.10 Å². The SMILES string of the molecule is Cc1cn(N=Cc2ccc(-c3ccc(C)o3)cc2)c(N)n1. The summed E-state index contributed by atoms with van der Waals surface area (Å²) in [5.74, 6) is 2.15. The normalized spacial score (nSPS) is 11.3. The molecular formula is C16H16N4O. The van der Waals surface area contributed by atoms with Crippen LogP contribution in [-0.2, 0) is 0 Å². The Morgan fingerprint density at radius 3 is 2.48 bits per heavy atom.